The Labute approximate surface area is 185 Å². The Morgan fingerprint density at radius 2 is 1.75 bits per heavy atom. The van der Waals surface area contributed by atoms with Crippen LogP contribution in [-0.4, -0.2) is 48.5 Å². The number of ether oxygens (including phenoxy) is 3. The van der Waals surface area contributed by atoms with Crippen molar-refractivity contribution in [2.45, 2.75) is 12.5 Å². The molecule has 1 amide bonds. The molecule has 1 saturated heterocycles. The minimum atomic E-state index is -0.555. The van der Waals surface area contributed by atoms with Gasteiger partial charge in [0.05, 0.1) is 19.0 Å². The lowest BCUT2D eigenvalue weighted by Gasteiger charge is -2.16. The van der Waals surface area contributed by atoms with Crippen molar-refractivity contribution in [1.29, 1.82) is 0 Å². The van der Waals surface area contributed by atoms with Crippen LogP contribution in [-0.2, 0) is 9.53 Å². The topological polar surface area (TPSA) is 90.0 Å². The van der Waals surface area contributed by atoms with Gasteiger partial charge in [0.1, 0.15) is 22.8 Å². The Morgan fingerprint density at radius 1 is 1.06 bits per heavy atom. The largest absolute Gasteiger partial charge is 0.465 e. The van der Waals surface area contributed by atoms with Crippen LogP contribution >= 0.6 is 0 Å². The second kappa shape index (κ2) is 9.82. The molecule has 1 N–H and O–H groups in total. The Bertz CT molecular complexity index is 1070. The number of methoxy groups -OCH3 is 1. The second-order valence-electron chi connectivity index (χ2n) is 7.29. The van der Waals surface area contributed by atoms with Gasteiger partial charge in [-0.2, -0.15) is 0 Å². The summed E-state index contributed by atoms with van der Waals surface area (Å²) in [5.74, 6) is 1.48. The number of anilines is 1. The van der Waals surface area contributed by atoms with Crippen LogP contribution in [0.1, 0.15) is 16.8 Å². The summed E-state index contributed by atoms with van der Waals surface area (Å²) in [6.07, 6.45) is 3.26. The maximum Gasteiger partial charge on any atom is 0.343 e. The first-order chi connectivity index (χ1) is 15.6. The number of esters is 1. The van der Waals surface area contributed by atoms with Crippen molar-refractivity contribution in [3.05, 3.63) is 72.4 Å². The van der Waals surface area contributed by atoms with E-state index in [1.165, 1.54) is 7.11 Å². The molecule has 3 aromatic rings. The third-order valence-corrected chi connectivity index (χ3v) is 5.01. The molecular formula is C24H23N3O5. The maximum absolute atomic E-state index is 12.3. The normalized spacial score (nSPS) is 15.2. The smallest absolute Gasteiger partial charge is 0.343 e. The number of carbonyl (C=O) groups is 2. The average molecular weight is 433 g/mol. The molecule has 2 aromatic carbocycles. The van der Waals surface area contributed by atoms with Gasteiger partial charge in [0.2, 0.25) is 12.3 Å². The quantitative estimate of drug-likeness (QED) is 0.423. The van der Waals surface area contributed by atoms with Crippen molar-refractivity contribution in [2.75, 3.05) is 25.5 Å². The number of carbonyl (C=O) groups excluding carboxylic acids is 2. The molecule has 8 heteroatoms. The van der Waals surface area contributed by atoms with E-state index in [4.69, 9.17) is 14.2 Å². The van der Waals surface area contributed by atoms with Crippen molar-refractivity contribution in [3.63, 3.8) is 0 Å². The summed E-state index contributed by atoms with van der Waals surface area (Å²) >= 11 is 0. The molecule has 0 radical (unpaired) electrons. The summed E-state index contributed by atoms with van der Waals surface area (Å²) < 4.78 is 16.5. The summed E-state index contributed by atoms with van der Waals surface area (Å²) in [5.41, 5.74) is 0.856. The fourth-order valence-electron chi connectivity index (χ4n) is 3.42. The van der Waals surface area contributed by atoms with E-state index in [1.54, 1.807) is 41.4 Å². The van der Waals surface area contributed by atoms with Gasteiger partial charge in [-0.05, 0) is 48.9 Å². The van der Waals surface area contributed by atoms with Crippen molar-refractivity contribution >= 4 is 18.1 Å². The number of rotatable bonds is 8. The van der Waals surface area contributed by atoms with Crippen molar-refractivity contribution in [1.82, 2.24) is 9.88 Å². The molecule has 1 aliphatic heterocycles. The zero-order chi connectivity index (χ0) is 22.3. The van der Waals surface area contributed by atoms with Crippen molar-refractivity contribution in [3.8, 4) is 23.1 Å². The molecule has 0 saturated carbocycles. The Balaban J connectivity index is 1.47. The van der Waals surface area contributed by atoms with Gasteiger partial charge in [-0.15, -0.1) is 0 Å². The van der Waals surface area contributed by atoms with Gasteiger partial charge < -0.3 is 24.4 Å². The van der Waals surface area contributed by atoms with E-state index in [1.807, 2.05) is 30.3 Å². The summed E-state index contributed by atoms with van der Waals surface area (Å²) in [7, 11) is 1.31. The van der Waals surface area contributed by atoms with Gasteiger partial charge in [-0.1, -0.05) is 18.2 Å². The molecule has 8 nitrogen and oxygen atoms in total. The lowest BCUT2D eigenvalue weighted by atomic mass is 10.2. The van der Waals surface area contributed by atoms with Crippen LogP contribution in [0.4, 0.5) is 5.69 Å². The van der Waals surface area contributed by atoms with E-state index in [0.717, 1.165) is 18.6 Å². The summed E-state index contributed by atoms with van der Waals surface area (Å²) in [6, 6.07) is 18.2. The molecule has 0 bridgehead atoms. The SMILES string of the molecule is COC(=O)c1cc(NC2CCN(C=O)C2)cnc1Oc1ccc(Oc2ccccc2)cc1. The molecule has 0 aliphatic carbocycles. The molecule has 1 atom stereocenters. The van der Waals surface area contributed by atoms with Gasteiger partial charge in [-0.25, -0.2) is 9.78 Å². The van der Waals surface area contributed by atoms with Gasteiger partial charge in [-0.3, -0.25) is 4.79 Å². The molecule has 1 unspecified atom stereocenters. The standard InChI is InChI=1S/C24H23N3O5/c1-30-24(29)22-13-18(26-17-11-12-27(15-17)16-28)14-25-23(22)32-21-9-7-20(8-10-21)31-19-5-3-2-4-6-19/h2-10,13-14,16-17,26H,11-12,15H2,1H3. The van der Waals surface area contributed by atoms with Crippen molar-refractivity contribution in [2.24, 2.45) is 0 Å². The van der Waals surface area contributed by atoms with Crippen LogP contribution in [0.3, 0.4) is 0 Å². The molecule has 1 fully saturated rings. The van der Waals surface area contributed by atoms with Gasteiger partial charge in [0.15, 0.2) is 0 Å². The summed E-state index contributed by atoms with van der Waals surface area (Å²) in [6.45, 7) is 1.30. The maximum atomic E-state index is 12.3. The van der Waals surface area contributed by atoms with Gasteiger partial charge in [0.25, 0.3) is 0 Å². The first-order valence-corrected chi connectivity index (χ1v) is 10.2. The fraction of sp³-hybridized carbons (Fsp3) is 0.208. The van der Waals surface area contributed by atoms with E-state index in [2.05, 4.69) is 10.3 Å². The van der Waals surface area contributed by atoms with E-state index in [0.29, 0.717) is 30.3 Å². The van der Waals surface area contributed by atoms with Crippen LogP contribution in [0.5, 0.6) is 23.1 Å². The van der Waals surface area contributed by atoms with Crippen molar-refractivity contribution < 1.29 is 23.8 Å². The number of hydrogen-bond donors (Lipinski definition) is 1. The van der Waals surface area contributed by atoms with E-state index >= 15 is 0 Å². The average Bonchev–Trinajstić information content (AvgIpc) is 3.29. The zero-order valence-electron chi connectivity index (χ0n) is 17.6. The number of amides is 1. The van der Waals surface area contributed by atoms with Crippen LogP contribution in [0.25, 0.3) is 0 Å². The molecule has 1 aromatic heterocycles. The summed E-state index contributed by atoms with van der Waals surface area (Å²) in [5, 5.41) is 3.30. The molecule has 32 heavy (non-hydrogen) atoms. The van der Waals surface area contributed by atoms with Gasteiger partial charge >= 0.3 is 5.97 Å². The number of para-hydroxylation sites is 1. The van der Waals surface area contributed by atoms with Gasteiger partial charge in [0, 0.05) is 19.1 Å². The highest BCUT2D eigenvalue weighted by molar-refractivity contribution is 5.93. The molecular weight excluding hydrogens is 410 g/mol. The minimum Gasteiger partial charge on any atom is -0.465 e. The lowest BCUT2D eigenvalue weighted by Crippen LogP contribution is -2.25. The van der Waals surface area contributed by atoms with Crippen LogP contribution in [0, 0.1) is 0 Å². The Kier molecular flexibility index (Phi) is 6.50. The van der Waals surface area contributed by atoms with E-state index in [-0.39, 0.29) is 17.5 Å². The number of benzene rings is 2. The first-order valence-electron chi connectivity index (χ1n) is 10.2. The minimum absolute atomic E-state index is 0.0939. The predicted molar refractivity (Wildman–Crippen MR) is 118 cm³/mol. The number of likely N-dealkylation sites (tertiary alicyclic amines) is 1. The lowest BCUT2D eigenvalue weighted by molar-refractivity contribution is -0.117. The third-order valence-electron chi connectivity index (χ3n) is 5.01. The highest BCUT2D eigenvalue weighted by Crippen LogP contribution is 2.29. The van der Waals surface area contributed by atoms with E-state index in [9.17, 15) is 9.59 Å². The fourth-order valence-corrected chi connectivity index (χ4v) is 3.42. The van der Waals surface area contributed by atoms with Crippen LogP contribution < -0.4 is 14.8 Å². The Hall–Kier alpha value is -4.07. The molecule has 4 rings (SSSR count). The molecule has 164 valence electrons. The number of nitrogens with one attached hydrogen (secondary N) is 1. The number of hydrogen-bond acceptors (Lipinski definition) is 7. The number of aromatic nitrogens is 1. The third kappa shape index (κ3) is 5.15. The number of pyridine rings is 1. The molecule has 0 spiro atoms. The predicted octanol–water partition coefficient (Wildman–Crippen LogP) is 4.10. The monoisotopic (exact) mass is 433 g/mol. The van der Waals surface area contributed by atoms with Crippen LogP contribution in [0.2, 0.25) is 0 Å². The van der Waals surface area contributed by atoms with Crippen LogP contribution in [0.15, 0.2) is 66.9 Å². The zero-order valence-corrected chi connectivity index (χ0v) is 17.6. The van der Waals surface area contributed by atoms with E-state index < -0.39 is 5.97 Å². The summed E-state index contributed by atoms with van der Waals surface area (Å²) in [4.78, 5) is 29.3. The Morgan fingerprint density at radius 3 is 2.41 bits per heavy atom. The highest BCUT2D eigenvalue weighted by Gasteiger charge is 2.22. The molecule has 2 heterocycles. The highest BCUT2D eigenvalue weighted by atomic mass is 16.5. The number of nitrogens with zero attached hydrogens (tertiary/aromatic N) is 2. The first kappa shape index (κ1) is 21.2. The second-order valence-corrected chi connectivity index (χ2v) is 7.29. The molecule has 1 aliphatic rings.